The van der Waals surface area contributed by atoms with Crippen LogP contribution in [-0.4, -0.2) is 40.9 Å². The summed E-state index contributed by atoms with van der Waals surface area (Å²) in [6.07, 6.45) is 4.10. The lowest BCUT2D eigenvalue weighted by Crippen LogP contribution is -2.54. The molecule has 2 amide bonds. The number of amides is 2. The number of Topliss-reactive ketones (excluding diaryl/α,β-unsaturated/α-hetero) is 1. The number of nitrogens with one attached hydrogen (secondary N) is 2. The Kier molecular flexibility index (Phi) is 12.1. The van der Waals surface area contributed by atoms with E-state index in [1.54, 1.807) is 6.92 Å². The molecule has 0 aromatic heterocycles. The lowest BCUT2D eigenvalue weighted by Gasteiger charge is -2.26. The highest BCUT2D eigenvalue weighted by atomic mass is 16.3. The fraction of sp³-hybridized carbons (Fsp3) is 0.842. The highest BCUT2D eigenvalue weighted by molar-refractivity contribution is 5.90. The smallest absolute Gasteiger partial charge is 0.251 e. The monoisotopic (exact) mass is 356 g/mol. The van der Waals surface area contributed by atoms with Gasteiger partial charge in [-0.05, 0) is 26.2 Å². The number of hydrogen-bond acceptors (Lipinski definition) is 4. The first-order chi connectivity index (χ1) is 11.8. The summed E-state index contributed by atoms with van der Waals surface area (Å²) >= 11 is 0. The fourth-order valence-corrected chi connectivity index (χ4v) is 2.74. The summed E-state index contributed by atoms with van der Waals surface area (Å²) in [4.78, 5) is 36.1. The number of carbonyl (C=O) groups is 3. The van der Waals surface area contributed by atoms with Gasteiger partial charge in [0.2, 0.25) is 5.91 Å². The Morgan fingerprint density at radius 2 is 1.56 bits per heavy atom. The molecule has 6 nitrogen and oxygen atoms in total. The zero-order chi connectivity index (χ0) is 19.4. The van der Waals surface area contributed by atoms with E-state index in [1.807, 2.05) is 13.8 Å². The molecule has 0 aromatic carbocycles. The van der Waals surface area contributed by atoms with Crippen molar-refractivity contribution in [3.8, 4) is 0 Å². The number of aliphatic hydroxyl groups excluding tert-OH is 1. The summed E-state index contributed by atoms with van der Waals surface area (Å²) in [5, 5.41) is 15.8. The van der Waals surface area contributed by atoms with Crippen LogP contribution in [-0.2, 0) is 14.4 Å². The second-order valence-electron chi connectivity index (χ2n) is 6.83. The number of unbranched alkanes of at least 4 members (excludes halogenated alkanes) is 2. The molecule has 0 saturated carbocycles. The predicted molar refractivity (Wildman–Crippen MR) is 99.1 cm³/mol. The van der Waals surface area contributed by atoms with Gasteiger partial charge >= 0.3 is 0 Å². The minimum atomic E-state index is -1.36. The van der Waals surface area contributed by atoms with Gasteiger partial charge in [-0.1, -0.05) is 53.4 Å². The van der Waals surface area contributed by atoms with E-state index >= 15 is 0 Å². The van der Waals surface area contributed by atoms with Gasteiger partial charge in [0, 0.05) is 5.92 Å². The predicted octanol–water partition coefficient (Wildman–Crippen LogP) is 2.33. The van der Waals surface area contributed by atoms with Crippen molar-refractivity contribution >= 4 is 17.6 Å². The Balaban J connectivity index is 4.95. The summed E-state index contributed by atoms with van der Waals surface area (Å²) in [6, 6.07) is -1.24. The Morgan fingerprint density at radius 1 is 0.920 bits per heavy atom. The standard InChI is InChI=1S/C19H36N2O4/c1-6-9-10-12-16(21-18(24)13(4)11-7-2)17(23)19(25)20-15(8-3)14(5)22/h13,15-17,23H,6-12H2,1-5H3,(H,20,25)(H,21,24)/t13-,15-,16-,17?/m0/s1. The second-order valence-corrected chi connectivity index (χ2v) is 6.83. The van der Waals surface area contributed by atoms with Crippen LogP contribution in [0.2, 0.25) is 0 Å². The molecule has 0 aliphatic rings. The van der Waals surface area contributed by atoms with Crippen LogP contribution in [0, 0.1) is 5.92 Å². The van der Waals surface area contributed by atoms with Crippen molar-refractivity contribution in [3.05, 3.63) is 0 Å². The van der Waals surface area contributed by atoms with E-state index in [-0.39, 0.29) is 17.6 Å². The van der Waals surface area contributed by atoms with E-state index in [0.29, 0.717) is 12.8 Å². The molecule has 0 aliphatic carbocycles. The minimum absolute atomic E-state index is 0.145. The molecular weight excluding hydrogens is 320 g/mol. The fourth-order valence-electron chi connectivity index (χ4n) is 2.74. The second kappa shape index (κ2) is 12.9. The van der Waals surface area contributed by atoms with Crippen molar-refractivity contribution in [1.29, 1.82) is 0 Å². The minimum Gasteiger partial charge on any atom is -0.381 e. The Bertz CT molecular complexity index is 426. The van der Waals surface area contributed by atoms with Crippen LogP contribution in [0.25, 0.3) is 0 Å². The van der Waals surface area contributed by atoms with E-state index in [0.717, 1.165) is 32.1 Å². The SMILES string of the molecule is CCCCC[C@H](NC(=O)[C@@H](C)CCC)C(O)C(=O)N[C@@H](CC)C(C)=O. The molecule has 6 heteroatoms. The van der Waals surface area contributed by atoms with Crippen molar-refractivity contribution in [2.24, 2.45) is 5.92 Å². The van der Waals surface area contributed by atoms with Crippen LogP contribution < -0.4 is 10.6 Å². The number of aliphatic hydroxyl groups is 1. The Hall–Kier alpha value is -1.43. The number of ketones is 1. The Morgan fingerprint density at radius 3 is 2.04 bits per heavy atom. The summed E-state index contributed by atoms with van der Waals surface area (Å²) in [5.41, 5.74) is 0. The van der Waals surface area contributed by atoms with Crippen LogP contribution in [0.5, 0.6) is 0 Å². The average Bonchev–Trinajstić information content (AvgIpc) is 2.57. The van der Waals surface area contributed by atoms with Crippen molar-refractivity contribution in [1.82, 2.24) is 10.6 Å². The first kappa shape index (κ1) is 23.6. The molecule has 0 radical (unpaired) electrons. The van der Waals surface area contributed by atoms with Gasteiger partial charge in [-0.2, -0.15) is 0 Å². The molecule has 0 fully saturated rings. The molecule has 0 spiro atoms. The maximum Gasteiger partial charge on any atom is 0.251 e. The average molecular weight is 357 g/mol. The molecule has 0 aromatic rings. The molecule has 0 saturated heterocycles. The third-order valence-corrected chi connectivity index (χ3v) is 4.48. The lowest BCUT2D eigenvalue weighted by molar-refractivity contribution is -0.136. The summed E-state index contributed by atoms with van der Waals surface area (Å²) in [5.74, 6) is -1.05. The first-order valence-corrected chi connectivity index (χ1v) is 9.57. The maximum atomic E-state index is 12.3. The molecule has 3 N–H and O–H groups in total. The lowest BCUT2D eigenvalue weighted by atomic mass is 9.99. The van der Waals surface area contributed by atoms with E-state index in [2.05, 4.69) is 17.6 Å². The quantitative estimate of drug-likeness (QED) is 0.441. The van der Waals surface area contributed by atoms with Gasteiger partial charge < -0.3 is 15.7 Å². The van der Waals surface area contributed by atoms with Crippen molar-refractivity contribution in [2.45, 2.75) is 97.8 Å². The van der Waals surface area contributed by atoms with E-state index in [1.165, 1.54) is 6.92 Å². The van der Waals surface area contributed by atoms with Gasteiger partial charge in [0.15, 0.2) is 11.9 Å². The topological polar surface area (TPSA) is 95.5 Å². The highest BCUT2D eigenvalue weighted by Crippen LogP contribution is 2.11. The molecule has 4 atom stereocenters. The van der Waals surface area contributed by atoms with Crippen molar-refractivity contribution < 1.29 is 19.5 Å². The molecular formula is C19H36N2O4. The Labute approximate surface area is 152 Å². The van der Waals surface area contributed by atoms with Crippen molar-refractivity contribution in [2.75, 3.05) is 0 Å². The van der Waals surface area contributed by atoms with Gasteiger partial charge in [0.1, 0.15) is 0 Å². The number of hydrogen-bond donors (Lipinski definition) is 3. The molecule has 0 bridgehead atoms. The molecule has 1 unspecified atom stereocenters. The van der Waals surface area contributed by atoms with Crippen LogP contribution in [0.4, 0.5) is 0 Å². The summed E-state index contributed by atoms with van der Waals surface area (Å²) < 4.78 is 0. The van der Waals surface area contributed by atoms with Gasteiger partial charge in [0.25, 0.3) is 5.91 Å². The van der Waals surface area contributed by atoms with Gasteiger partial charge in [-0.15, -0.1) is 0 Å². The molecule has 0 heterocycles. The zero-order valence-corrected chi connectivity index (χ0v) is 16.4. The normalized spacial score (nSPS) is 15.8. The molecule has 25 heavy (non-hydrogen) atoms. The van der Waals surface area contributed by atoms with E-state index < -0.39 is 24.1 Å². The first-order valence-electron chi connectivity index (χ1n) is 9.57. The van der Waals surface area contributed by atoms with E-state index in [4.69, 9.17) is 0 Å². The third kappa shape index (κ3) is 9.00. The summed E-state index contributed by atoms with van der Waals surface area (Å²) in [6.45, 7) is 9.13. The summed E-state index contributed by atoms with van der Waals surface area (Å²) in [7, 11) is 0. The largest absolute Gasteiger partial charge is 0.381 e. The van der Waals surface area contributed by atoms with E-state index in [9.17, 15) is 19.5 Å². The number of carbonyl (C=O) groups excluding carboxylic acids is 3. The van der Waals surface area contributed by atoms with Crippen LogP contribution in [0.1, 0.15) is 79.6 Å². The molecule has 0 rings (SSSR count). The van der Waals surface area contributed by atoms with Crippen LogP contribution in [0.3, 0.4) is 0 Å². The van der Waals surface area contributed by atoms with Crippen molar-refractivity contribution in [3.63, 3.8) is 0 Å². The zero-order valence-electron chi connectivity index (χ0n) is 16.4. The van der Waals surface area contributed by atoms with Gasteiger partial charge in [-0.25, -0.2) is 0 Å². The highest BCUT2D eigenvalue weighted by Gasteiger charge is 2.30. The molecule has 146 valence electrons. The number of rotatable bonds is 13. The van der Waals surface area contributed by atoms with Gasteiger partial charge in [-0.3, -0.25) is 14.4 Å². The maximum absolute atomic E-state index is 12.3. The van der Waals surface area contributed by atoms with Crippen LogP contribution >= 0.6 is 0 Å². The molecule has 0 aliphatic heterocycles. The van der Waals surface area contributed by atoms with Gasteiger partial charge in [0.05, 0.1) is 12.1 Å². The third-order valence-electron chi connectivity index (χ3n) is 4.48. The van der Waals surface area contributed by atoms with Crippen LogP contribution in [0.15, 0.2) is 0 Å².